The van der Waals surface area contributed by atoms with Gasteiger partial charge in [-0.05, 0) is 116 Å². The molecule has 8 nitrogen and oxygen atoms in total. The summed E-state index contributed by atoms with van der Waals surface area (Å²) >= 11 is 0. The number of fused-ring (bicyclic) bond motifs is 2. The highest BCUT2D eigenvalue weighted by molar-refractivity contribution is 6.11. The highest BCUT2D eigenvalue weighted by atomic mass is 16.5. The fraction of sp³-hybridized carbons (Fsp3) is 0.0400. The Balaban J connectivity index is 1.09. The first-order chi connectivity index (χ1) is 28.4. The normalized spacial score (nSPS) is 11.3. The second-order valence-corrected chi connectivity index (χ2v) is 13.3. The Kier molecular flexibility index (Phi) is 10.8. The molecule has 8 heteroatoms. The maximum atomic E-state index is 12.7. The fourth-order valence-electron chi connectivity index (χ4n) is 6.65. The number of carbonyl (C=O) groups is 2. The van der Waals surface area contributed by atoms with E-state index in [9.17, 15) is 9.59 Å². The lowest BCUT2D eigenvalue weighted by atomic mass is 9.86. The van der Waals surface area contributed by atoms with Crippen molar-refractivity contribution in [1.82, 2.24) is 9.97 Å². The van der Waals surface area contributed by atoms with Crippen molar-refractivity contribution in [2.24, 2.45) is 0 Å². The van der Waals surface area contributed by atoms with Crippen molar-refractivity contribution >= 4 is 57.8 Å². The summed E-state index contributed by atoms with van der Waals surface area (Å²) in [5.74, 6) is 0.715. The van der Waals surface area contributed by atoms with Crippen LogP contribution in [0.2, 0.25) is 0 Å². The molecule has 0 saturated carbocycles. The minimum absolute atomic E-state index is 0.205. The van der Waals surface area contributed by atoms with Gasteiger partial charge >= 0.3 is 11.9 Å². The fourth-order valence-corrected chi connectivity index (χ4v) is 6.65. The number of carbonyl (C=O) groups excluding carboxylic acids is 2. The SMILES string of the molecule is COc1ccc(C(=O)Oc2ccc(/C=C/c3ccc4ccccc4c3-c3c(/C=C/c4ccc(OC(=O)c5ccc(OC)cc5)nc4)ccc4ccccc34)cn2)cc1. The monoisotopic (exact) mass is 760 g/mol. The standard InChI is InChI=1S/C50H36N2O6/c1-55-41-25-21-39(22-26-41)49(53)57-45-29-13-33(31-51-45)11-15-37-19-17-35-7-3-5-9-43(35)47(37)48-38(20-18-36-8-4-6-10-44(36)48)16-12-34-14-30-46(52-32-34)58-50(54)40-23-27-42(56-2)28-24-40/h3-32H,1-2H3/b15-11+,16-12+. The van der Waals surface area contributed by atoms with Gasteiger partial charge in [-0.25, -0.2) is 19.6 Å². The zero-order valence-corrected chi connectivity index (χ0v) is 31.7. The van der Waals surface area contributed by atoms with Crippen LogP contribution in [0, 0.1) is 0 Å². The lowest BCUT2D eigenvalue weighted by molar-refractivity contribution is 0.0717. The average Bonchev–Trinajstić information content (AvgIpc) is 3.28. The van der Waals surface area contributed by atoms with E-state index in [1.807, 2.05) is 36.4 Å². The predicted octanol–water partition coefficient (Wildman–Crippen LogP) is 11.2. The molecular formula is C50H36N2O6. The summed E-state index contributed by atoms with van der Waals surface area (Å²) in [6, 6.07) is 45.8. The zero-order chi connectivity index (χ0) is 39.8. The van der Waals surface area contributed by atoms with Crippen molar-refractivity contribution in [2.75, 3.05) is 14.2 Å². The van der Waals surface area contributed by atoms with Crippen LogP contribution in [0.5, 0.6) is 23.3 Å². The van der Waals surface area contributed by atoms with E-state index in [2.05, 4.69) is 82.8 Å². The first-order valence-electron chi connectivity index (χ1n) is 18.5. The van der Waals surface area contributed by atoms with Crippen molar-refractivity contribution in [2.45, 2.75) is 0 Å². The van der Waals surface area contributed by atoms with Gasteiger partial charge in [0.15, 0.2) is 0 Å². The molecule has 0 atom stereocenters. The van der Waals surface area contributed by atoms with E-state index >= 15 is 0 Å². The Morgan fingerprint density at radius 1 is 0.448 bits per heavy atom. The first kappa shape index (κ1) is 37.1. The molecule has 2 heterocycles. The van der Waals surface area contributed by atoms with Gasteiger partial charge in [0.2, 0.25) is 11.8 Å². The van der Waals surface area contributed by atoms with Crippen LogP contribution in [0.3, 0.4) is 0 Å². The third-order valence-electron chi connectivity index (χ3n) is 9.65. The van der Waals surface area contributed by atoms with Gasteiger partial charge in [0.1, 0.15) is 11.5 Å². The summed E-state index contributed by atoms with van der Waals surface area (Å²) in [7, 11) is 3.14. The van der Waals surface area contributed by atoms with Crippen molar-refractivity contribution in [1.29, 1.82) is 0 Å². The summed E-state index contributed by atoms with van der Waals surface area (Å²) in [5.41, 5.74) is 6.69. The average molecular weight is 761 g/mol. The summed E-state index contributed by atoms with van der Waals surface area (Å²) in [4.78, 5) is 34.2. The van der Waals surface area contributed by atoms with Gasteiger partial charge in [-0.15, -0.1) is 0 Å². The van der Waals surface area contributed by atoms with Crippen molar-refractivity contribution in [3.05, 3.63) is 191 Å². The smallest absolute Gasteiger partial charge is 0.344 e. The number of rotatable bonds is 11. The van der Waals surface area contributed by atoms with Crippen LogP contribution in [-0.2, 0) is 0 Å². The van der Waals surface area contributed by atoms with Crippen LogP contribution < -0.4 is 18.9 Å². The molecule has 0 radical (unpaired) electrons. The van der Waals surface area contributed by atoms with Gasteiger partial charge in [-0.3, -0.25) is 0 Å². The zero-order valence-electron chi connectivity index (χ0n) is 31.7. The summed E-state index contributed by atoms with van der Waals surface area (Å²) < 4.78 is 21.4. The molecule has 0 fully saturated rings. The summed E-state index contributed by atoms with van der Waals surface area (Å²) in [5, 5.41) is 4.45. The summed E-state index contributed by atoms with van der Waals surface area (Å²) in [6.07, 6.45) is 11.6. The second kappa shape index (κ2) is 16.9. The number of nitrogens with zero attached hydrogens (tertiary/aromatic N) is 2. The molecule has 0 aliphatic rings. The Morgan fingerprint density at radius 2 is 0.862 bits per heavy atom. The molecule has 0 spiro atoms. The highest BCUT2D eigenvalue weighted by Crippen LogP contribution is 2.40. The molecule has 0 aliphatic heterocycles. The van der Waals surface area contributed by atoms with Gasteiger partial charge in [-0.1, -0.05) is 97.1 Å². The number of benzene rings is 6. The third-order valence-corrected chi connectivity index (χ3v) is 9.65. The molecule has 2 aromatic heterocycles. The minimum atomic E-state index is -0.501. The molecular weight excluding hydrogens is 725 g/mol. The van der Waals surface area contributed by atoms with Crippen LogP contribution in [0.25, 0.3) is 57.0 Å². The number of aromatic nitrogens is 2. The van der Waals surface area contributed by atoms with E-state index in [4.69, 9.17) is 18.9 Å². The van der Waals surface area contributed by atoms with Gasteiger partial charge in [0.05, 0.1) is 25.3 Å². The van der Waals surface area contributed by atoms with E-state index < -0.39 is 11.9 Å². The molecule has 8 rings (SSSR count). The van der Waals surface area contributed by atoms with Crippen molar-refractivity contribution in [3.63, 3.8) is 0 Å². The Hall–Kier alpha value is -7.84. The molecule has 6 aromatic carbocycles. The van der Waals surface area contributed by atoms with Crippen LogP contribution in [0.15, 0.2) is 158 Å². The van der Waals surface area contributed by atoms with Crippen LogP contribution in [0.1, 0.15) is 43.0 Å². The first-order valence-corrected chi connectivity index (χ1v) is 18.5. The maximum Gasteiger partial charge on any atom is 0.344 e. The molecule has 0 bridgehead atoms. The van der Waals surface area contributed by atoms with Gasteiger partial charge in [0, 0.05) is 24.5 Å². The van der Waals surface area contributed by atoms with Crippen molar-refractivity contribution < 1.29 is 28.5 Å². The molecule has 8 aromatic rings. The van der Waals surface area contributed by atoms with Gasteiger partial charge < -0.3 is 18.9 Å². The quantitative estimate of drug-likeness (QED) is 0.120. The number of methoxy groups -OCH3 is 2. The van der Waals surface area contributed by atoms with Crippen LogP contribution in [0.4, 0.5) is 0 Å². The molecule has 0 saturated heterocycles. The highest BCUT2D eigenvalue weighted by Gasteiger charge is 2.16. The van der Waals surface area contributed by atoms with E-state index in [0.29, 0.717) is 22.6 Å². The Morgan fingerprint density at radius 3 is 1.24 bits per heavy atom. The van der Waals surface area contributed by atoms with E-state index in [1.54, 1.807) is 87.3 Å². The van der Waals surface area contributed by atoms with Crippen LogP contribution >= 0.6 is 0 Å². The van der Waals surface area contributed by atoms with E-state index in [1.165, 1.54) is 0 Å². The molecule has 58 heavy (non-hydrogen) atoms. The number of pyridine rings is 2. The van der Waals surface area contributed by atoms with E-state index in [-0.39, 0.29) is 11.8 Å². The van der Waals surface area contributed by atoms with E-state index in [0.717, 1.165) is 54.9 Å². The topological polar surface area (TPSA) is 96.8 Å². The van der Waals surface area contributed by atoms with Gasteiger partial charge in [-0.2, -0.15) is 0 Å². The number of ether oxygens (including phenoxy) is 4. The largest absolute Gasteiger partial charge is 0.497 e. The summed E-state index contributed by atoms with van der Waals surface area (Å²) in [6.45, 7) is 0. The number of hydrogen-bond acceptors (Lipinski definition) is 8. The molecule has 282 valence electrons. The lowest BCUT2D eigenvalue weighted by Crippen LogP contribution is -2.09. The Bertz CT molecular complexity index is 2610. The van der Waals surface area contributed by atoms with Crippen LogP contribution in [-0.4, -0.2) is 36.1 Å². The second-order valence-electron chi connectivity index (χ2n) is 13.3. The predicted molar refractivity (Wildman–Crippen MR) is 229 cm³/mol. The van der Waals surface area contributed by atoms with Gasteiger partial charge in [0.25, 0.3) is 0 Å². The maximum absolute atomic E-state index is 12.7. The number of esters is 2. The molecule has 0 amide bonds. The molecule has 0 unspecified atom stereocenters. The van der Waals surface area contributed by atoms with Crippen molar-refractivity contribution in [3.8, 4) is 34.4 Å². The lowest BCUT2D eigenvalue weighted by Gasteiger charge is -2.17. The molecule has 0 N–H and O–H groups in total. The molecule has 0 aliphatic carbocycles. The Labute approximate surface area is 335 Å². The minimum Gasteiger partial charge on any atom is -0.497 e. The third kappa shape index (κ3) is 8.22. The number of hydrogen-bond donors (Lipinski definition) is 0.